The zero-order valence-electron chi connectivity index (χ0n) is 8.75. The van der Waals surface area contributed by atoms with Crippen LogP contribution in [0.2, 0.25) is 0 Å². The van der Waals surface area contributed by atoms with Crippen molar-refractivity contribution >= 4 is 28.5 Å². The highest BCUT2D eigenvalue weighted by atomic mass is 32.1. The van der Waals surface area contributed by atoms with Crippen LogP contribution < -0.4 is 5.73 Å². The maximum Gasteiger partial charge on any atom is 0.0759 e. The van der Waals surface area contributed by atoms with Gasteiger partial charge < -0.3 is 5.73 Å². The molecule has 3 heteroatoms. The van der Waals surface area contributed by atoms with Gasteiger partial charge in [-0.05, 0) is 25.0 Å². The number of hydrogen-bond acceptors (Lipinski definition) is 2. The summed E-state index contributed by atoms with van der Waals surface area (Å²) in [5, 5.41) is 0. The minimum absolute atomic E-state index is 0.318. The van der Waals surface area contributed by atoms with E-state index in [4.69, 9.17) is 18.0 Å². The van der Waals surface area contributed by atoms with E-state index >= 15 is 0 Å². The Morgan fingerprint density at radius 1 is 1.50 bits per heavy atom. The van der Waals surface area contributed by atoms with Crippen molar-refractivity contribution < 1.29 is 0 Å². The van der Waals surface area contributed by atoms with E-state index in [-0.39, 0.29) is 0 Å². The third-order valence-electron chi connectivity index (χ3n) is 2.21. The molecule has 0 saturated carbocycles. The van der Waals surface area contributed by atoms with Gasteiger partial charge in [-0.25, -0.2) is 0 Å². The molecule has 78 valence electrons. The first-order valence-electron chi connectivity index (χ1n) is 5.00. The Balaban J connectivity index is 2.55. The van der Waals surface area contributed by atoms with Gasteiger partial charge in [-0.2, -0.15) is 0 Å². The van der Waals surface area contributed by atoms with Crippen LogP contribution in [-0.4, -0.2) is 4.99 Å². The van der Waals surface area contributed by atoms with Gasteiger partial charge in [-0.3, -0.25) is 0 Å². The van der Waals surface area contributed by atoms with Crippen molar-refractivity contribution in [2.24, 2.45) is 11.7 Å². The Hall–Kier alpha value is -0.410. The molecule has 0 aromatic carbocycles. The van der Waals surface area contributed by atoms with Crippen LogP contribution in [0.4, 0.5) is 0 Å². The van der Waals surface area contributed by atoms with Crippen LogP contribution in [-0.2, 0) is 12.8 Å². The molecule has 0 aliphatic heterocycles. The summed E-state index contributed by atoms with van der Waals surface area (Å²) in [6.45, 7) is 4.29. The monoisotopic (exact) mass is 227 g/mol. The molecule has 0 spiro atoms. The summed E-state index contributed by atoms with van der Waals surface area (Å²) in [5.41, 5.74) is 5.59. The van der Waals surface area contributed by atoms with E-state index < -0.39 is 0 Å². The van der Waals surface area contributed by atoms with E-state index in [1.807, 2.05) is 11.3 Å². The van der Waals surface area contributed by atoms with E-state index in [9.17, 15) is 0 Å². The third-order valence-corrected chi connectivity index (χ3v) is 3.78. The van der Waals surface area contributed by atoms with Crippen LogP contribution in [0.5, 0.6) is 0 Å². The fourth-order valence-corrected chi connectivity index (χ4v) is 2.65. The predicted octanol–water partition coefficient (Wildman–Crippen LogP) is 3.17. The molecule has 1 rings (SSSR count). The fourth-order valence-electron chi connectivity index (χ4n) is 1.32. The molecule has 0 radical (unpaired) electrons. The first-order valence-corrected chi connectivity index (χ1v) is 6.22. The largest absolute Gasteiger partial charge is 0.393 e. The standard InChI is InChI=1S/C11H17NS2/c1-3-4-9-5-6-10(14-9)7-8(2)11(12)13/h5-6,8H,3-4,7H2,1-2H3,(H2,12,13). The summed E-state index contributed by atoms with van der Waals surface area (Å²) in [6, 6.07) is 4.42. The lowest BCUT2D eigenvalue weighted by Crippen LogP contribution is -2.19. The minimum Gasteiger partial charge on any atom is -0.393 e. The molecule has 1 atom stereocenters. The molecule has 0 aliphatic rings. The van der Waals surface area contributed by atoms with Gasteiger partial charge in [0, 0.05) is 15.7 Å². The first kappa shape index (κ1) is 11.7. The zero-order valence-corrected chi connectivity index (χ0v) is 10.4. The topological polar surface area (TPSA) is 26.0 Å². The quantitative estimate of drug-likeness (QED) is 0.782. The van der Waals surface area contributed by atoms with Crippen LogP contribution in [0.25, 0.3) is 0 Å². The SMILES string of the molecule is CCCc1ccc(CC(C)C(N)=S)s1. The van der Waals surface area contributed by atoms with Crippen LogP contribution in [0.15, 0.2) is 12.1 Å². The highest BCUT2D eigenvalue weighted by Gasteiger charge is 2.08. The first-order chi connectivity index (χ1) is 6.63. The van der Waals surface area contributed by atoms with Gasteiger partial charge in [0.2, 0.25) is 0 Å². The molecule has 1 nitrogen and oxygen atoms in total. The lowest BCUT2D eigenvalue weighted by Gasteiger charge is -2.06. The van der Waals surface area contributed by atoms with E-state index in [1.54, 1.807) is 0 Å². The van der Waals surface area contributed by atoms with Gasteiger partial charge in [0.05, 0.1) is 4.99 Å². The molecule has 0 amide bonds. The van der Waals surface area contributed by atoms with Crippen LogP contribution in [0.1, 0.15) is 30.0 Å². The van der Waals surface area contributed by atoms with Crippen molar-refractivity contribution in [1.82, 2.24) is 0 Å². The predicted molar refractivity (Wildman–Crippen MR) is 68.0 cm³/mol. The molecule has 1 heterocycles. The van der Waals surface area contributed by atoms with Gasteiger partial charge in [-0.1, -0.05) is 32.5 Å². The van der Waals surface area contributed by atoms with Gasteiger partial charge in [-0.15, -0.1) is 11.3 Å². The second-order valence-electron chi connectivity index (χ2n) is 3.63. The van der Waals surface area contributed by atoms with Crippen molar-refractivity contribution in [1.29, 1.82) is 0 Å². The van der Waals surface area contributed by atoms with E-state index in [1.165, 1.54) is 22.6 Å². The normalized spacial score (nSPS) is 12.7. The molecule has 2 N–H and O–H groups in total. The third kappa shape index (κ3) is 3.39. The average molecular weight is 227 g/mol. The average Bonchev–Trinajstić information content (AvgIpc) is 2.53. The molecule has 1 aromatic rings. The number of thiocarbonyl (C=S) groups is 1. The second kappa shape index (κ2) is 5.47. The highest BCUT2D eigenvalue weighted by molar-refractivity contribution is 7.80. The van der Waals surface area contributed by atoms with Crippen molar-refractivity contribution in [3.63, 3.8) is 0 Å². The zero-order chi connectivity index (χ0) is 10.6. The molecule has 0 fully saturated rings. The summed E-state index contributed by atoms with van der Waals surface area (Å²) in [5.74, 6) is 0.318. The lowest BCUT2D eigenvalue weighted by molar-refractivity contribution is 0.782. The highest BCUT2D eigenvalue weighted by Crippen LogP contribution is 2.21. The molecular weight excluding hydrogens is 210 g/mol. The summed E-state index contributed by atoms with van der Waals surface area (Å²) in [7, 11) is 0. The number of rotatable bonds is 5. The molecule has 0 bridgehead atoms. The van der Waals surface area contributed by atoms with Gasteiger partial charge >= 0.3 is 0 Å². The number of hydrogen-bond donors (Lipinski definition) is 1. The summed E-state index contributed by atoms with van der Waals surface area (Å²) >= 11 is 6.85. The minimum atomic E-state index is 0.318. The Morgan fingerprint density at radius 3 is 2.71 bits per heavy atom. The summed E-state index contributed by atoms with van der Waals surface area (Å²) in [4.78, 5) is 3.49. The summed E-state index contributed by atoms with van der Waals surface area (Å²) in [6.07, 6.45) is 3.39. The Kier molecular flexibility index (Phi) is 4.55. The maximum absolute atomic E-state index is 5.59. The van der Waals surface area contributed by atoms with Crippen LogP contribution in [0, 0.1) is 5.92 Å². The Bertz CT molecular complexity index is 304. The molecular formula is C11H17NS2. The van der Waals surface area contributed by atoms with Crippen molar-refractivity contribution in [3.05, 3.63) is 21.9 Å². The fraction of sp³-hybridized carbons (Fsp3) is 0.545. The van der Waals surface area contributed by atoms with Gasteiger partial charge in [0.25, 0.3) is 0 Å². The van der Waals surface area contributed by atoms with Gasteiger partial charge in [0.1, 0.15) is 0 Å². The Labute approximate surface area is 95.3 Å². The van der Waals surface area contributed by atoms with Crippen molar-refractivity contribution in [2.45, 2.75) is 33.1 Å². The smallest absolute Gasteiger partial charge is 0.0759 e. The molecule has 0 aliphatic carbocycles. The molecule has 14 heavy (non-hydrogen) atoms. The van der Waals surface area contributed by atoms with E-state index in [0.29, 0.717) is 10.9 Å². The molecule has 1 unspecified atom stereocenters. The van der Waals surface area contributed by atoms with Gasteiger partial charge in [0.15, 0.2) is 0 Å². The number of nitrogens with two attached hydrogens (primary N) is 1. The van der Waals surface area contributed by atoms with Crippen LogP contribution in [0.3, 0.4) is 0 Å². The lowest BCUT2D eigenvalue weighted by atomic mass is 10.1. The van der Waals surface area contributed by atoms with Crippen molar-refractivity contribution in [3.8, 4) is 0 Å². The number of thiophene rings is 1. The second-order valence-corrected chi connectivity index (χ2v) is 5.35. The van der Waals surface area contributed by atoms with E-state index in [0.717, 1.165) is 6.42 Å². The Morgan fingerprint density at radius 2 is 2.14 bits per heavy atom. The van der Waals surface area contributed by atoms with Crippen LogP contribution >= 0.6 is 23.6 Å². The maximum atomic E-state index is 5.59. The van der Waals surface area contributed by atoms with E-state index in [2.05, 4.69) is 26.0 Å². The molecule has 1 aromatic heterocycles. The van der Waals surface area contributed by atoms with Crippen molar-refractivity contribution in [2.75, 3.05) is 0 Å². The molecule has 0 saturated heterocycles. The summed E-state index contributed by atoms with van der Waals surface area (Å²) < 4.78 is 0. The number of aryl methyl sites for hydroxylation is 1.